The zero-order valence-corrected chi connectivity index (χ0v) is 12.7. The van der Waals surface area contributed by atoms with Crippen molar-refractivity contribution in [2.45, 2.75) is 24.8 Å². The van der Waals surface area contributed by atoms with Crippen molar-refractivity contribution in [3.05, 3.63) is 29.3 Å². The van der Waals surface area contributed by atoms with E-state index in [-0.39, 0.29) is 17.4 Å². The number of primary sulfonamides is 1. The van der Waals surface area contributed by atoms with Gasteiger partial charge in [0.05, 0.1) is 11.5 Å². The Bertz CT molecular complexity index is 584. The molecule has 0 spiro atoms. The Morgan fingerprint density at radius 2 is 2.00 bits per heavy atom. The number of amides is 1. The number of hydrogen-bond acceptors (Lipinski definition) is 4. The lowest BCUT2D eigenvalue weighted by atomic mass is 10.1. The summed E-state index contributed by atoms with van der Waals surface area (Å²) in [5.74, 6) is -0.241. The predicted molar refractivity (Wildman–Crippen MR) is 75.8 cm³/mol. The van der Waals surface area contributed by atoms with Crippen LogP contribution in [0.1, 0.15) is 29.3 Å². The van der Waals surface area contributed by atoms with Gasteiger partial charge in [0.1, 0.15) is 0 Å². The predicted octanol–water partition coefficient (Wildman–Crippen LogP) is 0.962. The van der Waals surface area contributed by atoms with E-state index in [1.807, 2.05) is 6.92 Å². The summed E-state index contributed by atoms with van der Waals surface area (Å²) in [6.45, 7) is 2.76. The lowest BCUT2D eigenvalue weighted by molar-refractivity contribution is 0.0794. The molecule has 0 bridgehead atoms. The Balaban J connectivity index is 3.25. The van der Waals surface area contributed by atoms with Gasteiger partial charge in [0.25, 0.3) is 5.91 Å². The first-order chi connectivity index (χ1) is 9.29. The topological polar surface area (TPSA) is 89.7 Å². The number of rotatable bonds is 6. The molecule has 0 aromatic heterocycles. The van der Waals surface area contributed by atoms with E-state index in [0.717, 1.165) is 6.42 Å². The highest BCUT2D eigenvalue weighted by Gasteiger charge is 2.17. The fourth-order valence-electron chi connectivity index (χ4n) is 1.86. The van der Waals surface area contributed by atoms with Gasteiger partial charge in [0.2, 0.25) is 10.0 Å². The second kappa shape index (κ2) is 6.83. The number of nitrogens with zero attached hydrogens (tertiary/aromatic N) is 1. The monoisotopic (exact) mass is 300 g/mol. The molecule has 0 unspecified atom stereocenters. The Labute approximate surface area is 119 Å². The molecule has 0 aliphatic carbocycles. The Hall–Kier alpha value is -1.44. The number of carbonyl (C=O) groups is 1. The van der Waals surface area contributed by atoms with Crippen LogP contribution in [0.15, 0.2) is 23.1 Å². The molecule has 1 aromatic carbocycles. The molecule has 0 aliphatic rings. The van der Waals surface area contributed by atoms with Crippen molar-refractivity contribution in [2.75, 3.05) is 20.7 Å². The van der Waals surface area contributed by atoms with E-state index in [2.05, 4.69) is 0 Å². The number of sulfonamides is 1. The number of methoxy groups -OCH3 is 1. The highest BCUT2D eigenvalue weighted by molar-refractivity contribution is 7.89. The molecular formula is C13H20N2O4S. The van der Waals surface area contributed by atoms with Crippen LogP contribution in [0.5, 0.6) is 0 Å². The van der Waals surface area contributed by atoms with Crippen molar-refractivity contribution in [1.82, 2.24) is 4.90 Å². The molecule has 0 radical (unpaired) electrons. The van der Waals surface area contributed by atoms with Crippen molar-refractivity contribution in [3.8, 4) is 0 Å². The summed E-state index contributed by atoms with van der Waals surface area (Å²) in [5, 5.41) is 5.13. The van der Waals surface area contributed by atoms with Crippen molar-refractivity contribution in [3.63, 3.8) is 0 Å². The van der Waals surface area contributed by atoms with Gasteiger partial charge >= 0.3 is 0 Å². The van der Waals surface area contributed by atoms with Crippen molar-refractivity contribution in [2.24, 2.45) is 5.14 Å². The highest BCUT2D eigenvalue weighted by Crippen LogP contribution is 2.16. The van der Waals surface area contributed by atoms with Crippen LogP contribution in [-0.2, 0) is 21.4 Å². The van der Waals surface area contributed by atoms with Gasteiger partial charge in [-0.25, -0.2) is 13.6 Å². The standard InChI is InChI=1S/C13H20N2O4S/c1-4-5-15(2)13(16)11-6-10(9-19-3)7-12(8-11)20(14,17)18/h6-8H,4-5,9H2,1-3H3,(H2,14,17,18). The number of hydrogen-bond donors (Lipinski definition) is 1. The summed E-state index contributed by atoms with van der Waals surface area (Å²) in [6.07, 6.45) is 0.821. The fourth-order valence-corrected chi connectivity index (χ4v) is 2.46. The molecule has 0 saturated carbocycles. The SMILES string of the molecule is CCCN(C)C(=O)c1cc(COC)cc(S(N)(=O)=O)c1. The maximum Gasteiger partial charge on any atom is 0.253 e. The summed E-state index contributed by atoms with van der Waals surface area (Å²) in [5.41, 5.74) is 0.881. The van der Waals surface area contributed by atoms with E-state index in [0.29, 0.717) is 17.7 Å². The minimum Gasteiger partial charge on any atom is -0.380 e. The molecular weight excluding hydrogens is 280 g/mol. The molecule has 112 valence electrons. The van der Waals surface area contributed by atoms with Crippen LogP contribution in [-0.4, -0.2) is 39.9 Å². The second-order valence-electron chi connectivity index (χ2n) is 4.57. The first-order valence-corrected chi connectivity index (χ1v) is 7.75. The lowest BCUT2D eigenvalue weighted by Gasteiger charge is -2.17. The maximum atomic E-state index is 12.2. The second-order valence-corrected chi connectivity index (χ2v) is 6.13. The van der Waals surface area contributed by atoms with Gasteiger partial charge in [0.15, 0.2) is 0 Å². The van der Waals surface area contributed by atoms with E-state index in [1.54, 1.807) is 18.0 Å². The van der Waals surface area contributed by atoms with Crippen LogP contribution < -0.4 is 5.14 Å². The van der Waals surface area contributed by atoms with Gasteiger partial charge < -0.3 is 9.64 Å². The lowest BCUT2D eigenvalue weighted by Crippen LogP contribution is -2.28. The van der Waals surface area contributed by atoms with E-state index >= 15 is 0 Å². The van der Waals surface area contributed by atoms with Gasteiger partial charge in [-0.2, -0.15) is 0 Å². The molecule has 1 amide bonds. The first kappa shape index (κ1) is 16.6. The summed E-state index contributed by atoms with van der Waals surface area (Å²) in [4.78, 5) is 13.7. The fraction of sp³-hybridized carbons (Fsp3) is 0.462. The van der Waals surface area contributed by atoms with E-state index in [1.165, 1.54) is 19.2 Å². The quantitative estimate of drug-likeness (QED) is 0.847. The van der Waals surface area contributed by atoms with Crippen molar-refractivity contribution in [1.29, 1.82) is 0 Å². The Kier molecular flexibility index (Phi) is 5.67. The normalized spacial score (nSPS) is 11.4. The van der Waals surface area contributed by atoms with Gasteiger partial charge in [0, 0.05) is 26.3 Å². The Morgan fingerprint density at radius 3 is 2.50 bits per heavy atom. The molecule has 20 heavy (non-hydrogen) atoms. The molecule has 0 fully saturated rings. The van der Waals surface area contributed by atoms with Crippen molar-refractivity contribution >= 4 is 15.9 Å². The molecule has 0 aliphatic heterocycles. The molecule has 6 nitrogen and oxygen atoms in total. The van der Waals surface area contributed by atoms with Crippen LogP contribution in [0.25, 0.3) is 0 Å². The zero-order valence-electron chi connectivity index (χ0n) is 11.9. The molecule has 2 N–H and O–H groups in total. The van der Waals surface area contributed by atoms with Gasteiger partial charge in [-0.3, -0.25) is 4.79 Å². The first-order valence-electron chi connectivity index (χ1n) is 6.20. The third-order valence-corrected chi connectivity index (χ3v) is 3.65. The molecule has 0 heterocycles. The number of nitrogens with two attached hydrogens (primary N) is 1. The minimum absolute atomic E-state index is 0.0831. The van der Waals surface area contributed by atoms with Crippen molar-refractivity contribution < 1.29 is 17.9 Å². The average molecular weight is 300 g/mol. The summed E-state index contributed by atoms with van der Waals surface area (Å²) < 4.78 is 27.9. The molecule has 0 atom stereocenters. The van der Waals surface area contributed by atoms with Crippen LogP contribution >= 0.6 is 0 Å². The van der Waals surface area contributed by atoms with Gasteiger partial charge in [-0.05, 0) is 30.2 Å². The van der Waals surface area contributed by atoms with E-state index < -0.39 is 10.0 Å². The molecule has 1 rings (SSSR count). The highest BCUT2D eigenvalue weighted by atomic mass is 32.2. The number of benzene rings is 1. The largest absolute Gasteiger partial charge is 0.380 e. The number of ether oxygens (including phenoxy) is 1. The van der Waals surface area contributed by atoms with Crippen LogP contribution in [0.3, 0.4) is 0 Å². The number of carbonyl (C=O) groups excluding carboxylic acids is 1. The summed E-state index contributed by atoms with van der Waals surface area (Å²) >= 11 is 0. The third-order valence-electron chi connectivity index (χ3n) is 2.76. The maximum absolute atomic E-state index is 12.2. The van der Waals surface area contributed by atoms with Gasteiger partial charge in [-0.1, -0.05) is 6.92 Å². The third kappa shape index (κ3) is 4.29. The van der Waals surface area contributed by atoms with Crippen LogP contribution in [0, 0.1) is 0 Å². The molecule has 1 aromatic rings. The average Bonchev–Trinajstić information content (AvgIpc) is 2.37. The minimum atomic E-state index is -3.86. The molecule has 0 saturated heterocycles. The summed E-state index contributed by atoms with van der Waals surface area (Å²) in [6, 6.07) is 4.32. The van der Waals surface area contributed by atoms with Gasteiger partial charge in [-0.15, -0.1) is 0 Å². The molecule has 7 heteroatoms. The smallest absolute Gasteiger partial charge is 0.253 e. The van der Waals surface area contributed by atoms with Crippen LogP contribution in [0.4, 0.5) is 0 Å². The van der Waals surface area contributed by atoms with E-state index in [9.17, 15) is 13.2 Å². The zero-order chi connectivity index (χ0) is 15.3. The van der Waals surface area contributed by atoms with E-state index in [4.69, 9.17) is 9.88 Å². The van der Waals surface area contributed by atoms with Crippen LogP contribution in [0.2, 0.25) is 0 Å². The Morgan fingerprint density at radius 1 is 1.35 bits per heavy atom. The summed E-state index contributed by atoms with van der Waals surface area (Å²) in [7, 11) is -0.697.